The number of nitrogens with zero attached hydrogens (tertiary/aromatic N) is 1. The molecule has 0 radical (unpaired) electrons. The van der Waals surface area contributed by atoms with Crippen molar-refractivity contribution in [1.82, 2.24) is 5.32 Å². The van der Waals surface area contributed by atoms with Gasteiger partial charge in [0.1, 0.15) is 6.04 Å². The van der Waals surface area contributed by atoms with Crippen molar-refractivity contribution >= 4 is 11.6 Å². The van der Waals surface area contributed by atoms with Gasteiger partial charge in [0.05, 0.1) is 0 Å². The molecule has 0 spiro atoms. The van der Waals surface area contributed by atoms with E-state index in [9.17, 15) is 4.79 Å². The van der Waals surface area contributed by atoms with Crippen LogP contribution in [0.5, 0.6) is 0 Å². The molecule has 0 bridgehead atoms. The molecule has 3 nitrogen and oxygen atoms in total. The van der Waals surface area contributed by atoms with E-state index in [1.165, 1.54) is 11.3 Å². The lowest BCUT2D eigenvalue weighted by atomic mass is 10.00. The van der Waals surface area contributed by atoms with Crippen LogP contribution in [0.3, 0.4) is 0 Å². The first-order valence-corrected chi connectivity index (χ1v) is 6.47. The van der Waals surface area contributed by atoms with E-state index in [-0.39, 0.29) is 11.9 Å². The molecule has 1 aliphatic rings. The molecule has 1 heterocycles. The minimum Gasteiger partial charge on any atom is -0.360 e. The van der Waals surface area contributed by atoms with E-state index >= 15 is 0 Å². The number of carbonyl (C=O) groups is 1. The van der Waals surface area contributed by atoms with Gasteiger partial charge in [0.15, 0.2) is 0 Å². The van der Waals surface area contributed by atoms with Gasteiger partial charge in [0.25, 0.3) is 0 Å². The number of carbonyl (C=O) groups excluding carboxylic acids is 1. The summed E-state index contributed by atoms with van der Waals surface area (Å²) >= 11 is 0. The number of hydrogen-bond donors (Lipinski definition) is 1. The third-order valence-electron chi connectivity index (χ3n) is 3.41. The van der Waals surface area contributed by atoms with E-state index in [1.54, 1.807) is 6.08 Å². The number of benzene rings is 1. The van der Waals surface area contributed by atoms with Crippen molar-refractivity contribution in [2.45, 2.75) is 25.8 Å². The Bertz CT molecular complexity index is 442. The van der Waals surface area contributed by atoms with Gasteiger partial charge in [-0.1, -0.05) is 24.3 Å². The summed E-state index contributed by atoms with van der Waals surface area (Å²) in [6.45, 7) is 7.04. The predicted molar refractivity (Wildman–Crippen MR) is 74.8 cm³/mol. The van der Waals surface area contributed by atoms with E-state index in [0.29, 0.717) is 6.54 Å². The molecule has 1 N–H and O–H groups in total. The van der Waals surface area contributed by atoms with Crippen LogP contribution in [0.1, 0.15) is 18.9 Å². The molecule has 0 saturated heterocycles. The van der Waals surface area contributed by atoms with E-state index in [0.717, 1.165) is 19.4 Å². The Morgan fingerprint density at radius 1 is 1.56 bits per heavy atom. The number of anilines is 1. The highest BCUT2D eigenvalue weighted by Crippen LogP contribution is 2.28. The lowest BCUT2D eigenvalue weighted by Crippen LogP contribution is -2.47. The molecule has 0 aliphatic carbocycles. The fourth-order valence-corrected chi connectivity index (χ4v) is 2.43. The lowest BCUT2D eigenvalue weighted by molar-refractivity contribution is -0.121. The first kappa shape index (κ1) is 12.7. The van der Waals surface area contributed by atoms with Crippen LogP contribution in [0, 0.1) is 0 Å². The smallest absolute Gasteiger partial charge is 0.242 e. The van der Waals surface area contributed by atoms with Crippen molar-refractivity contribution in [2.24, 2.45) is 0 Å². The molecule has 1 aromatic rings. The summed E-state index contributed by atoms with van der Waals surface area (Å²) in [6.07, 6.45) is 3.92. The zero-order chi connectivity index (χ0) is 13.0. The molecule has 3 heteroatoms. The van der Waals surface area contributed by atoms with Gasteiger partial charge < -0.3 is 10.2 Å². The number of hydrogen-bond acceptors (Lipinski definition) is 2. The molecule has 1 atom stereocenters. The van der Waals surface area contributed by atoms with Gasteiger partial charge in [-0.3, -0.25) is 4.79 Å². The number of amides is 1. The standard InChI is InChI=1S/C15H20N2O/c1-3-10-16-15(18)12(2)17-11-6-8-13-7-4-5-9-14(13)17/h3-5,7,9,12H,1,6,8,10-11H2,2H3,(H,16,18). The van der Waals surface area contributed by atoms with Gasteiger partial charge in [0.2, 0.25) is 5.91 Å². The van der Waals surface area contributed by atoms with Crippen LogP contribution in [0.2, 0.25) is 0 Å². The highest BCUT2D eigenvalue weighted by molar-refractivity contribution is 5.85. The average molecular weight is 244 g/mol. The predicted octanol–water partition coefficient (Wildman–Crippen LogP) is 2.13. The molecule has 18 heavy (non-hydrogen) atoms. The number of nitrogens with one attached hydrogen (secondary N) is 1. The van der Waals surface area contributed by atoms with Crippen LogP contribution < -0.4 is 10.2 Å². The topological polar surface area (TPSA) is 32.3 Å². The fraction of sp³-hybridized carbons (Fsp3) is 0.400. The van der Waals surface area contributed by atoms with Gasteiger partial charge in [0, 0.05) is 18.8 Å². The number of fused-ring (bicyclic) bond motifs is 1. The van der Waals surface area contributed by atoms with Crippen molar-refractivity contribution in [3.05, 3.63) is 42.5 Å². The quantitative estimate of drug-likeness (QED) is 0.823. The summed E-state index contributed by atoms with van der Waals surface area (Å²) in [5.74, 6) is 0.0617. The maximum atomic E-state index is 12.0. The average Bonchev–Trinajstić information content (AvgIpc) is 2.43. The summed E-state index contributed by atoms with van der Waals surface area (Å²) in [5.41, 5.74) is 2.54. The summed E-state index contributed by atoms with van der Waals surface area (Å²) in [4.78, 5) is 14.2. The zero-order valence-corrected chi connectivity index (χ0v) is 10.9. The Kier molecular flexibility index (Phi) is 4.03. The second kappa shape index (κ2) is 5.71. The normalized spacial score (nSPS) is 15.7. The molecule has 1 unspecified atom stereocenters. The van der Waals surface area contributed by atoms with Crippen LogP contribution in [0.4, 0.5) is 5.69 Å². The second-order valence-electron chi connectivity index (χ2n) is 4.64. The molecule has 0 fully saturated rings. The Balaban J connectivity index is 2.14. The number of para-hydroxylation sites is 1. The van der Waals surface area contributed by atoms with Crippen molar-refractivity contribution in [3.8, 4) is 0 Å². The van der Waals surface area contributed by atoms with E-state index in [4.69, 9.17) is 0 Å². The van der Waals surface area contributed by atoms with Crippen molar-refractivity contribution < 1.29 is 4.79 Å². The van der Waals surface area contributed by atoms with Crippen LogP contribution in [-0.4, -0.2) is 25.0 Å². The van der Waals surface area contributed by atoms with Crippen LogP contribution in [0.25, 0.3) is 0 Å². The van der Waals surface area contributed by atoms with Gasteiger partial charge in [-0.2, -0.15) is 0 Å². The van der Waals surface area contributed by atoms with Crippen molar-refractivity contribution in [2.75, 3.05) is 18.0 Å². The highest BCUT2D eigenvalue weighted by atomic mass is 16.2. The van der Waals surface area contributed by atoms with Gasteiger partial charge in [-0.05, 0) is 31.4 Å². The largest absolute Gasteiger partial charge is 0.360 e. The zero-order valence-electron chi connectivity index (χ0n) is 10.9. The maximum absolute atomic E-state index is 12.0. The minimum absolute atomic E-state index is 0.0617. The molecule has 0 saturated carbocycles. The Morgan fingerprint density at radius 3 is 3.11 bits per heavy atom. The second-order valence-corrected chi connectivity index (χ2v) is 4.64. The Labute approximate surface area is 108 Å². The molecular weight excluding hydrogens is 224 g/mol. The van der Waals surface area contributed by atoms with E-state index < -0.39 is 0 Å². The van der Waals surface area contributed by atoms with Gasteiger partial charge in [-0.25, -0.2) is 0 Å². The van der Waals surface area contributed by atoms with E-state index in [2.05, 4.69) is 35.0 Å². The number of aryl methyl sites for hydroxylation is 1. The number of rotatable bonds is 4. The lowest BCUT2D eigenvalue weighted by Gasteiger charge is -2.35. The molecule has 1 aliphatic heterocycles. The van der Waals surface area contributed by atoms with Crippen LogP contribution in [0.15, 0.2) is 36.9 Å². The SMILES string of the molecule is C=CCNC(=O)C(C)N1CCCc2ccccc21. The van der Waals surface area contributed by atoms with Crippen molar-refractivity contribution in [1.29, 1.82) is 0 Å². The van der Waals surface area contributed by atoms with Gasteiger partial charge in [-0.15, -0.1) is 6.58 Å². The maximum Gasteiger partial charge on any atom is 0.242 e. The summed E-state index contributed by atoms with van der Waals surface area (Å²) in [7, 11) is 0. The molecule has 0 aromatic heterocycles. The van der Waals surface area contributed by atoms with Crippen LogP contribution in [-0.2, 0) is 11.2 Å². The van der Waals surface area contributed by atoms with Crippen molar-refractivity contribution in [3.63, 3.8) is 0 Å². The molecule has 2 rings (SSSR count). The minimum atomic E-state index is -0.133. The molecule has 1 aromatic carbocycles. The molecule has 1 amide bonds. The first-order chi connectivity index (χ1) is 8.74. The fourth-order valence-electron chi connectivity index (χ4n) is 2.43. The Hall–Kier alpha value is -1.77. The third-order valence-corrected chi connectivity index (χ3v) is 3.41. The monoisotopic (exact) mass is 244 g/mol. The van der Waals surface area contributed by atoms with Gasteiger partial charge >= 0.3 is 0 Å². The summed E-state index contributed by atoms with van der Waals surface area (Å²) in [6, 6.07) is 8.21. The highest BCUT2D eigenvalue weighted by Gasteiger charge is 2.25. The Morgan fingerprint density at radius 2 is 2.33 bits per heavy atom. The first-order valence-electron chi connectivity index (χ1n) is 6.47. The van der Waals surface area contributed by atoms with Crippen LogP contribution >= 0.6 is 0 Å². The van der Waals surface area contributed by atoms with E-state index in [1.807, 2.05) is 13.0 Å². The molecular formula is C15H20N2O. The molecule has 96 valence electrons. The third kappa shape index (κ3) is 2.55. The summed E-state index contributed by atoms with van der Waals surface area (Å²) in [5, 5.41) is 2.86. The summed E-state index contributed by atoms with van der Waals surface area (Å²) < 4.78 is 0.